The topological polar surface area (TPSA) is 84.3 Å². The van der Waals surface area contributed by atoms with E-state index in [1.807, 2.05) is 30.3 Å². The van der Waals surface area contributed by atoms with E-state index >= 15 is 0 Å². The van der Waals surface area contributed by atoms with E-state index in [1.165, 1.54) is 12.1 Å². The summed E-state index contributed by atoms with van der Waals surface area (Å²) in [6.45, 7) is 0.586. The molecule has 0 heterocycles. The highest BCUT2D eigenvalue weighted by Gasteiger charge is 2.17. The number of hydrogen-bond acceptors (Lipinski definition) is 4. The molecule has 3 rings (SSSR count). The van der Waals surface area contributed by atoms with Gasteiger partial charge in [0, 0.05) is 35.1 Å². The molecule has 0 aliphatic heterocycles. The van der Waals surface area contributed by atoms with Gasteiger partial charge in [-0.15, -0.1) is 0 Å². The summed E-state index contributed by atoms with van der Waals surface area (Å²) in [5.74, 6) is -0.437. The molecule has 3 aromatic rings. The smallest absolute Gasteiger partial charge is 0.270 e. The summed E-state index contributed by atoms with van der Waals surface area (Å²) in [7, 11) is 0. The van der Waals surface area contributed by atoms with Crippen LogP contribution >= 0.6 is 11.6 Å². The van der Waals surface area contributed by atoms with Crippen LogP contribution < -0.4 is 10.6 Å². The molecule has 3 aromatic carbocycles. The summed E-state index contributed by atoms with van der Waals surface area (Å²) in [6, 6.07) is 20.8. The van der Waals surface area contributed by atoms with Crippen LogP contribution in [0, 0.1) is 10.1 Å². The van der Waals surface area contributed by atoms with Crippen molar-refractivity contribution in [1.82, 2.24) is 0 Å². The van der Waals surface area contributed by atoms with Crippen molar-refractivity contribution in [3.05, 3.63) is 99.1 Å². The Hall–Kier alpha value is -3.38. The lowest BCUT2D eigenvalue weighted by Gasteiger charge is -2.12. The van der Waals surface area contributed by atoms with Crippen molar-refractivity contribution >= 4 is 34.6 Å². The molecule has 28 heavy (non-hydrogen) atoms. The Bertz CT molecular complexity index is 976. The first kappa shape index (κ1) is 19.4. The number of hydrogen-bond donors (Lipinski definition) is 2. The molecular formula is C21H18ClN3O3. The van der Waals surface area contributed by atoms with Gasteiger partial charge in [0.15, 0.2) is 0 Å². The zero-order valence-corrected chi connectivity index (χ0v) is 15.6. The molecule has 0 aromatic heterocycles. The minimum absolute atomic E-state index is 0.144. The van der Waals surface area contributed by atoms with E-state index in [4.69, 9.17) is 11.6 Å². The van der Waals surface area contributed by atoms with Crippen LogP contribution in [-0.4, -0.2) is 17.4 Å². The van der Waals surface area contributed by atoms with Gasteiger partial charge in [-0.05, 0) is 42.3 Å². The zero-order valence-electron chi connectivity index (χ0n) is 14.9. The maximum absolute atomic E-state index is 12.7. The number of rotatable bonds is 7. The molecule has 0 saturated carbocycles. The highest BCUT2D eigenvalue weighted by atomic mass is 35.5. The minimum Gasteiger partial charge on any atom is -0.384 e. The number of halogens is 1. The molecule has 0 atom stereocenters. The van der Waals surface area contributed by atoms with Crippen molar-refractivity contribution in [2.45, 2.75) is 6.42 Å². The van der Waals surface area contributed by atoms with Crippen molar-refractivity contribution in [2.24, 2.45) is 0 Å². The molecule has 142 valence electrons. The summed E-state index contributed by atoms with van der Waals surface area (Å²) in [6.07, 6.45) is 0.760. The largest absolute Gasteiger partial charge is 0.384 e. The van der Waals surface area contributed by atoms with Crippen molar-refractivity contribution < 1.29 is 9.72 Å². The van der Waals surface area contributed by atoms with Crippen molar-refractivity contribution in [2.75, 3.05) is 17.2 Å². The maximum Gasteiger partial charge on any atom is 0.270 e. The molecular weight excluding hydrogens is 378 g/mol. The Morgan fingerprint density at radius 1 is 1.00 bits per heavy atom. The number of carbonyl (C=O) groups excluding carboxylic acids is 1. The van der Waals surface area contributed by atoms with Gasteiger partial charge in [-0.25, -0.2) is 0 Å². The molecule has 0 aliphatic carbocycles. The summed E-state index contributed by atoms with van der Waals surface area (Å²) in [5.41, 5.74) is 2.31. The number of amides is 1. The van der Waals surface area contributed by atoms with E-state index in [0.717, 1.165) is 12.0 Å². The molecule has 0 unspecified atom stereocenters. The summed E-state index contributed by atoms with van der Waals surface area (Å²) in [4.78, 5) is 23.3. The minimum atomic E-state index is -0.521. The van der Waals surface area contributed by atoms with Crippen LogP contribution in [0.25, 0.3) is 0 Å². The molecule has 0 saturated heterocycles. The molecule has 2 N–H and O–H groups in total. The highest BCUT2D eigenvalue weighted by Crippen LogP contribution is 2.24. The maximum atomic E-state index is 12.7. The number of nitro benzene ring substituents is 1. The summed E-state index contributed by atoms with van der Waals surface area (Å²) >= 11 is 5.86. The molecule has 0 aliphatic rings. The quantitative estimate of drug-likeness (QED) is 0.427. The summed E-state index contributed by atoms with van der Waals surface area (Å²) < 4.78 is 0. The van der Waals surface area contributed by atoms with Crippen LogP contribution in [0.15, 0.2) is 72.8 Å². The van der Waals surface area contributed by atoms with Crippen LogP contribution in [0.1, 0.15) is 15.9 Å². The Kier molecular flexibility index (Phi) is 6.24. The first-order valence-corrected chi connectivity index (χ1v) is 9.04. The molecule has 0 fully saturated rings. The SMILES string of the molecule is O=C(Nc1ccc(Cl)cc1)c1cc([N+](=O)[O-])ccc1NCCc1ccccc1. The molecule has 6 nitrogen and oxygen atoms in total. The first-order valence-electron chi connectivity index (χ1n) is 8.66. The number of anilines is 2. The number of nitrogens with zero attached hydrogens (tertiary/aromatic N) is 1. The lowest BCUT2D eigenvalue weighted by atomic mass is 10.1. The van der Waals surface area contributed by atoms with E-state index in [-0.39, 0.29) is 11.3 Å². The third-order valence-corrected chi connectivity index (χ3v) is 4.38. The van der Waals surface area contributed by atoms with Crippen LogP contribution in [-0.2, 0) is 6.42 Å². The van der Waals surface area contributed by atoms with Gasteiger partial charge in [-0.1, -0.05) is 41.9 Å². The fraction of sp³-hybridized carbons (Fsp3) is 0.0952. The van der Waals surface area contributed by atoms with Gasteiger partial charge in [0.2, 0.25) is 0 Å². The van der Waals surface area contributed by atoms with Gasteiger partial charge in [-0.3, -0.25) is 14.9 Å². The second-order valence-corrected chi connectivity index (χ2v) is 6.55. The second-order valence-electron chi connectivity index (χ2n) is 6.11. The highest BCUT2D eigenvalue weighted by molar-refractivity contribution is 6.30. The predicted octanol–water partition coefficient (Wildman–Crippen LogP) is 5.16. The third-order valence-electron chi connectivity index (χ3n) is 4.13. The second kappa shape index (κ2) is 9.01. The van der Waals surface area contributed by atoms with Gasteiger partial charge in [0.1, 0.15) is 0 Å². The molecule has 7 heteroatoms. The Labute approximate surface area is 167 Å². The number of non-ortho nitro benzene ring substituents is 1. The van der Waals surface area contributed by atoms with Crippen LogP contribution in [0.2, 0.25) is 5.02 Å². The fourth-order valence-electron chi connectivity index (χ4n) is 2.71. The lowest BCUT2D eigenvalue weighted by molar-refractivity contribution is -0.384. The third kappa shape index (κ3) is 5.08. The van der Waals surface area contributed by atoms with Crippen molar-refractivity contribution in [3.8, 4) is 0 Å². The Morgan fingerprint density at radius 2 is 1.71 bits per heavy atom. The monoisotopic (exact) mass is 395 g/mol. The number of nitro groups is 1. The van der Waals surface area contributed by atoms with E-state index in [1.54, 1.807) is 30.3 Å². The van der Waals surface area contributed by atoms with Crippen molar-refractivity contribution in [3.63, 3.8) is 0 Å². The zero-order chi connectivity index (χ0) is 19.9. The van der Waals surface area contributed by atoms with E-state index in [2.05, 4.69) is 10.6 Å². The van der Waals surface area contributed by atoms with E-state index < -0.39 is 10.8 Å². The molecule has 1 amide bonds. The van der Waals surface area contributed by atoms with Crippen LogP contribution in [0.4, 0.5) is 17.1 Å². The van der Waals surface area contributed by atoms with Gasteiger partial charge in [-0.2, -0.15) is 0 Å². The van der Waals surface area contributed by atoms with E-state index in [0.29, 0.717) is 22.9 Å². The number of benzene rings is 3. The normalized spacial score (nSPS) is 10.3. The number of nitrogens with one attached hydrogen (secondary N) is 2. The van der Waals surface area contributed by atoms with Crippen LogP contribution in [0.5, 0.6) is 0 Å². The standard InChI is InChI=1S/C21H18ClN3O3/c22-16-6-8-17(9-7-16)24-21(26)19-14-18(25(27)28)10-11-20(19)23-13-12-15-4-2-1-3-5-15/h1-11,14,23H,12-13H2,(H,24,26). The average Bonchev–Trinajstić information content (AvgIpc) is 2.70. The molecule has 0 spiro atoms. The van der Waals surface area contributed by atoms with Gasteiger partial charge >= 0.3 is 0 Å². The predicted molar refractivity (Wildman–Crippen MR) is 111 cm³/mol. The molecule has 0 radical (unpaired) electrons. The van der Waals surface area contributed by atoms with Gasteiger partial charge in [0.05, 0.1) is 10.5 Å². The van der Waals surface area contributed by atoms with Crippen LogP contribution in [0.3, 0.4) is 0 Å². The Morgan fingerprint density at radius 3 is 2.39 bits per heavy atom. The summed E-state index contributed by atoms with van der Waals surface area (Å²) in [5, 5.41) is 17.6. The first-order chi connectivity index (χ1) is 13.5. The Balaban J connectivity index is 1.78. The van der Waals surface area contributed by atoms with Gasteiger partial charge < -0.3 is 10.6 Å². The molecule has 0 bridgehead atoms. The van der Waals surface area contributed by atoms with E-state index in [9.17, 15) is 14.9 Å². The van der Waals surface area contributed by atoms with Gasteiger partial charge in [0.25, 0.3) is 11.6 Å². The number of carbonyl (C=O) groups is 1. The lowest BCUT2D eigenvalue weighted by Crippen LogP contribution is -2.16. The van der Waals surface area contributed by atoms with Crippen molar-refractivity contribution in [1.29, 1.82) is 0 Å². The fourth-order valence-corrected chi connectivity index (χ4v) is 2.83. The average molecular weight is 396 g/mol.